The van der Waals surface area contributed by atoms with Crippen LogP contribution >= 0.6 is 22.3 Å². The van der Waals surface area contributed by atoms with Gasteiger partial charge in [-0.05, 0) is 24.6 Å². The molecule has 1 aromatic carbocycles. The summed E-state index contributed by atoms with van der Waals surface area (Å²) in [5, 5.41) is 2.75. The van der Waals surface area contributed by atoms with Crippen LogP contribution in [0.1, 0.15) is 30.1 Å². The molecule has 1 N–H and O–H groups in total. The van der Waals surface area contributed by atoms with Crippen molar-refractivity contribution in [2.45, 2.75) is 24.7 Å². The molecule has 0 radical (unpaired) electrons. The molecule has 0 aromatic heterocycles. The van der Waals surface area contributed by atoms with E-state index in [1.807, 2.05) is 0 Å². The Morgan fingerprint density at radius 3 is 2.62 bits per heavy atom. The molecule has 0 spiro atoms. The number of hydrogen-bond donors (Lipinski definition) is 1. The molecule has 1 amide bonds. The van der Waals surface area contributed by atoms with Crippen LogP contribution in [0.15, 0.2) is 23.1 Å². The largest absolute Gasteiger partial charge is 0.380 e. The van der Waals surface area contributed by atoms with E-state index in [4.69, 9.17) is 27.0 Å². The van der Waals surface area contributed by atoms with Crippen molar-refractivity contribution in [3.63, 3.8) is 0 Å². The number of unbranched alkanes of at least 4 members (excludes halogenated alkanes) is 1. The molecule has 0 saturated heterocycles. The predicted octanol–water partition coefficient (Wildman–Crippen LogP) is 2.81. The first-order valence-corrected chi connectivity index (χ1v) is 9.14. The first kappa shape index (κ1) is 18.2. The predicted molar refractivity (Wildman–Crippen MR) is 82.6 cm³/mol. The number of halogens is 2. The molecule has 0 heterocycles. The molecule has 0 unspecified atom stereocenters. The van der Waals surface area contributed by atoms with E-state index in [1.165, 1.54) is 18.2 Å². The van der Waals surface area contributed by atoms with Crippen molar-refractivity contribution in [1.82, 2.24) is 5.32 Å². The molecule has 0 aliphatic carbocycles. The Morgan fingerprint density at radius 2 is 2.00 bits per heavy atom. The highest BCUT2D eigenvalue weighted by Gasteiger charge is 2.15. The van der Waals surface area contributed by atoms with Crippen molar-refractivity contribution < 1.29 is 17.9 Å². The number of amides is 1. The van der Waals surface area contributed by atoms with Crippen molar-refractivity contribution in [3.05, 3.63) is 28.8 Å². The Kier molecular flexibility index (Phi) is 7.45. The highest BCUT2D eigenvalue weighted by atomic mass is 35.7. The van der Waals surface area contributed by atoms with Crippen LogP contribution in [0.5, 0.6) is 0 Å². The van der Waals surface area contributed by atoms with Crippen molar-refractivity contribution in [3.8, 4) is 0 Å². The van der Waals surface area contributed by atoms with Crippen molar-refractivity contribution in [2.24, 2.45) is 0 Å². The van der Waals surface area contributed by atoms with E-state index in [9.17, 15) is 13.2 Å². The van der Waals surface area contributed by atoms with Crippen LogP contribution in [0.2, 0.25) is 5.02 Å². The number of carbonyl (C=O) groups excluding carboxylic acids is 1. The minimum absolute atomic E-state index is 0.126. The Bertz CT molecular complexity index is 590. The SMILES string of the molecule is CCCCOCCNC(=O)c1cc(Cl)cc(S(=O)(=O)Cl)c1. The maximum Gasteiger partial charge on any atom is 0.261 e. The van der Waals surface area contributed by atoms with E-state index < -0.39 is 15.0 Å². The molecule has 1 rings (SSSR count). The van der Waals surface area contributed by atoms with Gasteiger partial charge in [0.05, 0.1) is 11.5 Å². The first-order chi connectivity index (χ1) is 9.84. The van der Waals surface area contributed by atoms with Gasteiger partial charge in [0.25, 0.3) is 15.0 Å². The summed E-state index contributed by atoms with van der Waals surface area (Å²) in [6.45, 7) is 3.44. The number of hydrogen-bond acceptors (Lipinski definition) is 4. The van der Waals surface area contributed by atoms with Crippen LogP contribution in [0, 0.1) is 0 Å². The topological polar surface area (TPSA) is 72.5 Å². The second-order valence-electron chi connectivity index (χ2n) is 4.34. The molecule has 5 nitrogen and oxygen atoms in total. The van der Waals surface area contributed by atoms with Crippen LogP contribution in [0.3, 0.4) is 0 Å². The van der Waals surface area contributed by atoms with Gasteiger partial charge in [0.1, 0.15) is 0 Å². The summed E-state index contributed by atoms with van der Waals surface area (Å²) < 4.78 is 27.9. The fourth-order valence-electron chi connectivity index (χ4n) is 1.52. The van der Waals surface area contributed by atoms with Crippen LogP contribution in [-0.2, 0) is 13.8 Å². The molecule has 0 atom stereocenters. The molecule has 8 heteroatoms. The van der Waals surface area contributed by atoms with E-state index in [1.54, 1.807) is 0 Å². The highest BCUT2D eigenvalue weighted by Crippen LogP contribution is 2.21. The van der Waals surface area contributed by atoms with E-state index >= 15 is 0 Å². The molecule has 0 aliphatic rings. The van der Waals surface area contributed by atoms with E-state index in [2.05, 4.69) is 12.2 Å². The Balaban J connectivity index is 2.60. The van der Waals surface area contributed by atoms with Gasteiger partial charge in [0.2, 0.25) is 0 Å². The summed E-state index contributed by atoms with van der Waals surface area (Å²) in [6, 6.07) is 3.75. The fraction of sp³-hybridized carbons (Fsp3) is 0.462. The number of benzene rings is 1. The second-order valence-corrected chi connectivity index (χ2v) is 7.34. The Labute approximate surface area is 134 Å². The number of ether oxygens (including phenoxy) is 1. The summed E-state index contributed by atoms with van der Waals surface area (Å²) in [5.74, 6) is -0.432. The zero-order valence-corrected chi connectivity index (χ0v) is 13.9. The normalized spacial score (nSPS) is 11.4. The van der Waals surface area contributed by atoms with E-state index in [0.717, 1.165) is 12.8 Å². The number of carbonyl (C=O) groups is 1. The summed E-state index contributed by atoms with van der Waals surface area (Å²) in [7, 11) is 1.31. The van der Waals surface area contributed by atoms with Gasteiger partial charge in [-0.15, -0.1) is 0 Å². The molecule has 118 valence electrons. The zero-order chi connectivity index (χ0) is 15.9. The van der Waals surface area contributed by atoms with Crippen LogP contribution in [0.4, 0.5) is 0 Å². The lowest BCUT2D eigenvalue weighted by atomic mass is 10.2. The standard InChI is InChI=1S/C13H17Cl2NO4S/c1-2-3-5-20-6-4-16-13(17)10-7-11(14)9-12(8-10)21(15,18)19/h7-9H,2-6H2,1H3,(H,16,17). The average Bonchev–Trinajstić information content (AvgIpc) is 2.40. The summed E-state index contributed by atoms with van der Waals surface area (Å²) in [6.07, 6.45) is 2.02. The summed E-state index contributed by atoms with van der Waals surface area (Å²) >= 11 is 5.79. The minimum atomic E-state index is -3.93. The van der Waals surface area contributed by atoms with Gasteiger partial charge < -0.3 is 10.1 Å². The van der Waals surface area contributed by atoms with Gasteiger partial charge in [-0.2, -0.15) is 0 Å². The number of nitrogens with one attached hydrogen (secondary N) is 1. The van der Waals surface area contributed by atoms with Crippen LogP contribution < -0.4 is 5.32 Å². The molecule has 0 fully saturated rings. The summed E-state index contributed by atoms with van der Waals surface area (Å²) in [5.41, 5.74) is 0.135. The maximum atomic E-state index is 11.9. The van der Waals surface area contributed by atoms with E-state index in [-0.39, 0.29) is 15.5 Å². The van der Waals surface area contributed by atoms with Gasteiger partial charge in [-0.3, -0.25) is 4.79 Å². The molecule has 21 heavy (non-hydrogen) atoms. The lowest BCUT2D eigenvalue weighted by molar-refractivity contribution is 0.0912. The van der Waals surface area contributed by atoms with Crippen molar-refractivity contribution in [2.75, 3.05) is 19.8 Å². The summed E-state index contributed by atoms with van der Waals surface area (Å²) in [4.78, 5) is 11.7. The third-order valence-corrected chi connectivity index (χ3v) is 4.14. The van der Waals surface area contributed by atoms with Gasteiger partial charge in [-0.25, -0.2) is 8.42 Å². The fourth-order valence-corrected chi connectivity index (χ4v) is 2.62. The van der Waals surface area contributed by atoms with Gasteiger partial charge in [0, 0.05) is 34.4 Å². The smallest absolute Gasteiger partial charge is 0.261 e. The Morgan fingerprint density at radius 1 is 1.29 bits per heavy atom. The molecular formula is C13H17Cl2NO4S. The maximum absolute atomic E-state index is 11.9. The van der Waals surface area contributed by atoms with Crippen LogP contribution in [0.25, 0.3) is 0 Å². The minimum Gasteiger partial charge on any atom is -0.380 e. The average molecular weight is 354 g/mol. The molecule has 0 saturated carbocycles. The lowest BCUT2D eigenvalue weighted by Crippen LogP contribution is -2.27. The van der Waals surface area contributed by atoms with E-state index in [0.29, 0.717) is 19.8 Å². The zero-order valence-electron chi connectivity index (χ0n) is 11.6. The molecule has 0 aliphatic heterocycles. The van der Waals surface area contributed by atoms with Crippen molar-refractivity contribution in [1.29, 1.82) is 0 Å². The number of rotatable bonds is 8. The van der Waals surface area contributed by atoms with Gasteiger partial charge in [-0.1, -0.05) is 24.9 Å². The third kappa shape index (κ3) is 6.65. The first-order valence-electron chi connectivity index (χ1n) is 6.45. The van der Waals surface area contributed by atoms with Crippen LogP contribution in [-0.4, -0.2) is 34.1 Å². The van der Waals surface area contributed by atoms with Gasteiger partial charge >= 0.3 is 0 Å². The second kappa shape index (κ2) is 8.58. The molecule has 0 bridgehead atoms. The lowest BCUT2D eigenvalue weighted by Gasteiger charge is -2.07. The quantitative estimate of drug-likeness (QED) is 0.576. The Hall–Kier alpha value is -0.820. The monoisotopic (exact) mass is 353 g/mol. The molecule has 1 aromatic rings. The van der Waals surface area contributed by atoms with Gasteiger partial charge in [0.15, 0.2) is 0 Å². The van der Waals surface area contributed by atoms with Crippen molar-refractivity contribution >= 4 is 37.2 Å². The molecular weight excluding hydrogens is 337 g/mol. The third-order valence-electron chi connectivity index (χ3n) is 2.59. The highest BCUT2D eigenvalue weighted by molar-refractivity contribution is 8.13.